The zero-order valence-electron chi connectivity index (χ0n) is 13.4. The first kappa shape index (κ1) is 15.6. The average Bonchev–Trinajstić information content (AvgIpc) is 3.20. The van der Waals surface area contributed by atoms with E-state index < -0.39 is 0 Å². The molecule has 126 valence electrons. The van der Waals surface area contributed by atoms with Crippen LogP contribution in [0.25, 0.3) is 5.69 Å². The summed E-state index contributed by atoms with van der Waals surface area (Å²) in [6, 6.07) is 7.54. The van der Waals surface area contributed by atoms with Gasteiger partial charge in [0.2, 0.25) is 0 Å². The van der Waals surface area contributed by atoms with E-state index >= 15 is 0 Å². The van der Waals surface area contributed by atoms with Gasteiger partial charge in [-0.25, -0.2) is 4.68 Å². The molecule has 2 aliphatic heterocycles. The van der Waals surface area contributed by atoms with Crippen LogP contribution in [0.4, 0.5) is 0 Å². The molecular weight excluding hydrogens is 328 g/mol. The highest BCUT2D eigenvalue weighted by atomic mass is 35.5. The summed E-state index contributed by atoms with van der Waals surface area (Å²) in [7, 11) is 0. The standard InChI is InChI=1S/C17H19ClN4O2/c1-11-14(8-20-22(11)13-4-2-3-12(18)7-13)17(23)21-5-6-24-16-10-19-9-15(16)21/h2-4,7-8,15-16,19H,5-6,9-10H2,1H3/t15-,16+/m1/s1. The Labute approximate surface area is 145 Å². The van der Waals surface area contributed by atoms with Crippen LogP contribution in [-0.4, -0.2) is 59.0 Å². The summed E-state index contributed by atoms with van der Waals surface area (Å²) in [6.07, 6.45) is 1.73. The number of carbonyl (C=O) groups is 1. The molecular formula is C17H19ClN4O2. The first-order valence-electron chi connectivity index (χ1n) is 8.09. The summed E-state index contributed by atoms with van der Waals surface area (Å²) in [5.74, 6) is 0.0165. The molecule has 2 aromatic rings. The first-order chi connectivity index (χ1) is 11.6. The summed E-state index contributed by atoms with van der Waals surface area (Å²) in [4.78, 5) is 15.0. The second kappa shape index (κ2) is 6.20. The number of nitrogens with zero attached hydrogens (tertiary/aromatic N) is 3. The zero-order valence-corrected chi connectivity index (χ0v) is 14.2. The summed E-state index contributed by atoms with van der Waals surface area (Å²) in [5, 5.41) is 8.33. The minimum Gasteiger partial charge on any atom is -0.373 e. The molecule has 0 bridgehead atoms. The number of ether oxygens (including phenoxy) is 1. The molecule has 1 amide bonds. The van der Waals surface area contributed by atoms with E-state index in [9.17, 15) is 4.79 Å². The number of carbonyl (C=O) groups excluding carboxylic acids is 1. The molecule has 0 saturated carbocycles. The van der Waals surface area contributed by atoms with Crippen molar-refractivity contribution in [2.24, 2.45) is 0 Å². The molecule has 4 rings (SSSR count). The Morgan fingerprint density at radius 1 is 1.42 bits per heavy atom. The monoisotopic (exact) mass is 346 g/mol. The molecule has 1 N–H and O–H groups in total. The maximum atomic E-state index is 13.0. The van der Waals surface area contributed by atoms with Crippen LogP contribution in [0.15, 0.2) is 30.5 Å². The van der Waals surface area contributed by atoms with E-state index in [1.807, 2.05) is 36.1 Å². The van der Waals surface area contributed by atoms with Crippen LogP contribution in [0, 0.1) is 6.92 Å². The molecule has 2 saturated heterocycles. The second-order valence-corrected chi connectivity index (χ2v) is 6.61. The van der Waals surface area contributed by atoms with Gasteiger partial charge in [0, 0.05) is 24.7 Å². The molecule has 6 nitrogen and oxygen atoms in total. The van der Waals surface area contributed by atoms with Crippen LogP contribution in [0.2, 0.25) is 5.02 Å². The van der Waals surface area contributed by atoms with E-state index in [1.165, 1.54) is 0 Å². The predicted molar refractivity (Wildman–Crippen MR) is 90.7 cm³/mol. The average molecular weight is 347 g/mol. The van der Waals surface area contributed by atoms with Crippen molar-refractivity contribution in [1.29, 1.82) is 0 Å². The lowest BCUT2D eigenvalue weighted by molar-refractivity contribution is -0.0365. The van der Waals surface area contributed by atoms with Crippen molar-refractivity contribution in [3.63, 3.8) is 0 Å². The number of benzene rings is 1. The topological polar surface area (TPSA) is 59.4 Å². The Hall–Kier alpha value is -1.89. The zero-order chi connectivity index (χ0) is 16.7. The maximum Gasteiger partial charge on any atom is 0.257 e. The Morgan fingerprint density at radius 3 is 3.12 bits per heavy atom. The van der Waals surface area contributed by atoms with Gasteiger partial charge in [-0.05, 0) is 25.1 Å². The fourth-order valence-electron chi connectivity index (χ4n) is 3.48. The van der Waals surface area contributed by atoms with Crippen LogP contribution in [-0.2, 0) is 4.74 Å². The van der Waals surface area contributed by atoms with Gasteiger partial charge in [-0.1, -0.05) is 17.7 Å². The third-order valence-corrected chi connectivity index (χ3v) is 4.98. The Morgan fingerprint density at radius 2 is 2.29 bits per heavy atom. The van der Waals surface area contributed by atoms with E-state index in [2.05, 4.69) is 10.4 Å². The molecule has 0 unspecified atom stereocenters. The second-order valence-electron chi connectivity index (χ2n) is 6.17. The van der Waals surface area contributed by atoms with Crippen molar-refractivity contribution >= 4 is 17.5 Å². The highest BCUT2D eigenvalue weighted by Gasteiger charge is 2.39. The van der Waals surface area contributed by atoms with Crippen molar-refractivity contribution in [2.45, 2.75) is 19.1 Å². The van der Waals surface area contributed by atoms with Gasteiger partial charge in [-0.2, -0.15) is 5.10 Å². The normalized spacial score (nSPS) is 23.3. The molecule has 2 fully saturated rings. The number of nitrogens with one attached hydrogen (secondary N) is 1. The number of rotatable bonds is 2. The Bertz CT molecular complexity index is 776. The lowest BCUT2D eigenvalue weighted by Crippen LogP contribution is -2.53. The lowest BCUT2D eigenvalue weighted by atomic mass is 10.1. The number of aromatic nitrogens is 2. The third kappa shape index (κ3) is 2.60. The molecule has 0 spiro atoms. The fraction of sp³-hybridized carbons (Fsp3) is 0.412. The minimum atomic E-state index is 0.0165. The number of hydrogen-bond acceptors (Lipinski definition) is 4. The Balaban J connectivity index is 1.64. The molecule has 0 radical (unpaired) electrons. The van der Waals surface area contributed by atoms with Crippen molar-refractivity contribution in [3.05, 3.63) is 46.7 Å². The van der Waals surface area contributed by atoms with Crippen molar-refractivity contribution < 1.29 is 9.53 Å². The van der Waals surface area contributed by atoms with Gasteiger partial charge in [0.1, 0.15) is 0 Å². The predicted octanol–water partition coefficient (Wildman–Crippen LogP) is 1.65. The van der Waals surface area contributed by atoms with E-state index in [0.29, 0.717) is 23.7 Å². The smallest absolute Gasteiger partial charge is 0.257 e. The van der Waals surface area contributed by atoms with Crippen molar-refractivity contribution in [1.82, 2.24) is 20.0 Å². The van der Waals surface area contributed by atoms with Crippen molar-refractivity contribution in [3.8, 4) is 5.69 Å². The third-order valence-electron chi connectivity index (χ3n) is 4.75. The number of halogens is 1. The number of morpholine rings is 1. The summed E-state index contributed by atoms with van der Waals surface area (Å²) < 4.78 is 7.50. The van der Waals surface area contributed by atoms with Gasteiger partial charge < -0.3 is 15.0 Å². The maximum absolute atomic E-state index is 13.0. The molecule has 1 aromatic heterocycles. The first-order valence-corrected chi connectivity index (χ1v) is 8.47. The largest absolute Gasteiger partial charge is 0.373 e. The highest BCUT2D eigenvalue weighted by Crippen LogP contribution is 2.23. The molecule has 7 heteroatoms. The number of amides is 1. The van der Waals surface area contributed by atoms with E-state index in [-0.39, 0.29) is 18.1 Å². The van der Waals surface area contributed by atoms with Gasteiger partial charge in [0.15, 0.2) is 0 Å². The number of fused-ring (bicyclic) bond motifs is 1. The van der Waals surface area contributed by atoms with Crippen LogP contribution in [0.1, 0.15) is 16.1 Å². The van der Waals surface area contributed by atoms with Gasteiger partial charge in [0.05, 0.1) is 41.9 Å². The van der Waals surface area contributed by atoms with Crippen LogP contribution in [0.3, 0.4) is 0 Å². The molecule has 2 aliphatic rings. The van der Waals surface area contributed by atoms with Crippen molar-refractivity contribution in [2.75, 3.05) is 26.2 Å². The van der Waals surface area contributed by atoms with Gasteiger partial charge >= 0.3 is 0 Å². The van der Waals surface area contributed by atoms with Gasteiger partial charge in [0.25, 0.3) is 5.91 Å². The molecule has 24 heavy (non-hydrogen) atoms. The summed E-state index contributed by atoms with van der Waals surface area (Å²) >= 11 is 6.06. The fourth-order valence-corrected chi connectivity index (χ4v) is 3.67. The quantitative estimate of drug-likeness (QED) is 0.898. The van der Waals surface area contributed by atoms with Gasteiger partial charge in [-0.3, -0.25) is 4.79 Å². The molecule has 1 aromatic carbocycles. The Kier molecular flexibility index (Phi) is 4.04. The van der Waals surface area contributed by atoms with E-state index in [4.69, 9.17) is 16.3 Å². The summed E-state index contributed by atoms with van der Waals surface area (Å²) in [5.41, 5.74) is 2.29. The van der Waals surface area contributed by atoms with Gasteiger partial charge in [-0.15, -0.1) is 0 Å². The van der Waals surface area contributed by atoms with Crippen LogP contribution < -0.4 is 5.32 Å². The molecule has 0 aliphatic carbocycles. The molecule has 2 atom stereocenters. The van der Waals surface area contributed by atoms with Crippen LogP contribution >= 0.6 is 11.6 Å². The van der Waals surface area contributed by atoms with Crippen LogP contribution in [0.5, 0.6) is 0 Å². The number of hydrogen-bond donors (Lipinski definition) is 1. The lowest BCUT2D eigenvalue weighted by Gasteiger charge is -2.36. The molecule has 3 heterocycles. The van der Waals surface area contributed by atoms with E-state index in [0.717, 1.165) is 24.5 Å². The minimum absolute atomic E-state index is 0.0165. The van der Waals surface area contributed by atoms with E-state index in [1.54, 1.807) is 10.9 Å². The highest BCUT2D eigenvalue weighted by molar-refractivity contribution is 6.30. The summed E-state index contributed by atoms with van der Waals surface area (Å²) in [6.45, 7) is 4.68. The SMILES string of the molecule is Cc1c(C(=O)N2CCO[C@H]3CNC[C@H]32)cnn1-c1cccc(Cl)c1.